The van der Waals surface area contributed by atoms with Gasteiger partial charge in [0.2, 0.25) is 5.89 Å². The minimum atomic E-state index is -0.558. The number of ether oxygens (including phenoxy) is 1. The highest BCUT2D eigenvalue weighted by molar-refractivity contribution is 6.32. The normalized spacial score (nSPS) is 10.4. The summed E-state index contributed by atoms with van der Waals surface area (Å²) in [5.41, 5.74) is -0.167. The van der Waals surface area contributed by atoms with E-state index in [0.29, 0.717) is 24.0 Å². The maximum absolute atomic E-state index is 10.6. The van der Waals surface area contributed by atoms with Gasteiger partial charge in [-0.3, -0.25) is 10.1 Å². The zero-order chi connectivity index (χ0) is 13.8. The van der Waals surface area contributed by atoms with Crippen LogP contribution in [0.3, 0.4) is 0 Å². The van der Waals surface area contributed by atoms with Crippen LogP contribution in [0, 0.1) is 10.1 Å². The van der Waals surface area contributed by atoms with Gasteiger partial charge < -0.3 is 9.15 Å². The van der Waals surface area contributed by atoms with E-state index in [9.17, 15) is 10.1 Å². The lowest BCUT2D eigenvalue weighted by atomic mass is 10.3. The molecule has 0 aliphatic heterocycles. The lowest BCUT2D eigenvalue weighted by molar-refractivity contribution is -0.384. The van der Waals surface area contributed by atoms with Crippen LogP contribution in [0.25, 0.3) is 0 Å². The number of halogens is 1. The van der Waals surface area contributed by atoms with Gasteiger partial charge in [0.25, 0.3) is 11.6 Å². The molecule has 100 valence electrons. The molecular formula is C11H10ClN3O4. The molecule has 0 radical (unpaired) electrons. The number of benzene rings is 1. The van der Waals surface area contributed by atoms with Crippen molar-refractivity contribution in [1.29, 1.82) is 0 Å². The third kappa shape index (κ3) is 3.19. The predicted molar refractivity (Wildman–Crippen MR) is 66.1 cm³/mol. The highest BCUT2D eigenvalue weighted by Gasteiger charge is 2.13. The van der Waals surface area contributed by atoms with E-state index in [-0.39, 0.29) is 17.3 Å². The van der Waals surface area contributed by atoms with Crippen molar-refractivity contribution in [2.45, 2.75) is 20.0 Å². The number of aryl methyl sites for hydroxylation is 1. The number of aromatic nitrogens is 2. The molecule has 8 heteroatoms. The van der Waals surface area contributed by atoms with Crippen molar-refractivity contribution in [3.05, 3.63) is 45.1 Å². The van der Waals surface area contributed by atoms with Gasteiger partial charge in [-0.15, -0.1) is 10.2 Å². The topological polar surface area (TPSA) is 91.3 Å². The van der Waals surface area contributed by atoms with Crippen LogP contribution in [0.1, 0.15) is 18.7 Å². The molecule has 0 amide bonds. The van der Waals surface area contributed by atoms with Gasteiger partial charge in [-0.2, -0.15) is 0 Å². The fraction of sp³-hybridized carbons (Fsp3) is 0.273. The van der Waals surface area contributed by atoms with E-state index in [1.165, 1.54) is 18.2 Å². The Morgan fingerprint density at radius 3 is 2.74 bits per heavy atom. The molecule has 0 fully saturated rings. The molecule has 0 bridgehead atoms. The first-order chi connectivity index (χ1) is 9.10. The summed E-state index contributed by atoms with van der Waals surface area (Å²) in [5.74, 6) is 1.26. The van der Waals surface area contributed by atoms with E-state index in [1.807, 2.05) is 6.92 Å². The second kappa shape index (κ2) is 5.66. The van der Waals surface area contributed by atoms with Crippen molar-refractivity contribution in [2.75, 3.05) is 0 Å². The molecule has 0 saturated heterocycles. The molecule has 0 aliphatic rings. The molecule has 2 rings (SSSR count). The maximum atomic E-state index is 10.6. The minimum absolute atomic E-state index is 0.0160. The Hall–Kier alpha value is -2.15. The van der Waals surface area contributed by atoms with Gasteiger partial charge in [0, 0.05) is 18.6 Å². The van der Waals surface area contributed by atoms with Gasteiger partial charge in [0.1, 0.15) is 10.8 Å². The highest BCUT2D eigenvalue weighted by atomic mass is 35.5. The smallest absolute Gasteiger partial charge is 0.288 e. The quantitative estimate of drug-likeness (QED) is 0.619. The summed E-state index contributed by atoms with van der Waals surface area (Å²) in [6, 6.07) is 4.11. The molecular weight excluding hydrogens is 274 g/mol. The Labute approximate surface area is 113 Å². The molecule has 0 saturated carbocycles. The second-order valence-corrected chi connectivity index (χ2v) is 4.01. The summed E-state index contributed by atoms with van der Waals surface area (Å²) >= 11 is 5.76. The molecule has 0 unspecified atom stereocenters. The molecule has 1 aromatic heterocycles. The lowest BCUT2D eigenvalue weighted by Crippen LogP contribution is -1.96. The Balaban J connectivity index is 2.03. The van der Waals surface area contributed by atoms with Crippen molar-refractivity contribution >= 4 is 17.3 Å². The summed E-state index contributed by atoms with van der Waals surface area (Å²) in [5, 5.41) is 18.2. The summed E-state index contributed by atoms with van der Waals surface area (Å²) in [4.78, 5) is 10.0. The Kier molecular flexibility index (Phi) is 3.96. The van der Waals surface area contributed by atoms with Crippen LogP contribution < -0.4 is 4.74 Å². The predicted octanol–water partition coefficient (Wildman–Crippen LogP) is 2.77. The second-order valence-electron chi connectivity index (χ2n) is 3.60. The number of nitrogens with zero attached hydrogens (tertiary/aromatic N) is 3. The lowest BCUT2D eigenvalue weighted by Gasteiger charge is -2.03. The van der Waals surface area contributed by atoms with Crippen LogP contribution in [0.15, 0.2) is 22.6 Å². The van der Waals surface area contributed by atoms with Crippen molar-refractivity contribution in [1.82, 2.24) is 10.2 Å². The molecule has 1 aromatic carbocycles. The zero-order valence-corrected chi connectivity index (χ0v) is 10.8. The van der Waals surface area contributed by atoms with Crippen LogP contribution in [0.5, 0.6) is 5.75 Å². The first kappa shape index (κ1) is 13.3. The van der Waals surface area contributed by atoms with Crippen molar-refractivity contribution < 1.29 is 14.1 Å². The van der Waals surface area contributed by atoms with E-state index in [0.717, 1.165) is 0 Å². The van der Waals surface area contributed by atoms with Crippen LogP contribution in [-0.2, 0) is 13.0 Å². The van der Waals surface area contributed by atoms with Gasteiger partial charge >= 0.3 is 0 Å². The highest BCUT2D eigenvalue weighted by Crippen LogP contribution is 2.28. The number of hydrogen-bond acceptors (Lipinski definition) is 6. The Morgan fingerprint density at radius 1 is 1.42 bits per heavy atom. The zero-order valence-electron chi connectivity index (χ0n) is 10.00. The van der Waals surface area contributed by atoms with Crippen LogP contribution >= 0.6 is 11.6 Å². The number of nitro benzene ring substituents is 1. The van der Waals surface area contributed by atoms with E-state index in [1.54, 1.807) is 0 Å². The average molecular weight is 284 g/mol. The molecule has 7 nitrogen and oxygen atoms in total. The molecule has 1 heterocycles. The summed E-state index contributed by atoms with van der Waals surface area (Å²) in [7, 11) is 0. The summed E-state index contributed by atoms with van der Waals surface area (Å²) < 4.78 is 10.6. The molecule has 0 spiro atoms. The summed E-state index contributed by atoms with van der Waals surface area (Å²) in [6.45, 7) is 1.98. The number of hydrogen-bond donors (Lipinski definition) is 0. The van der Waals surface area contributed by atoms with E-state index < -0.39 is 4.92 Å². The van der Waals surface area contributed by atoms with Crippen molar-refractivity contribution in [2.24, 2.45) is 0 Å². The van der Waals surface area contributed by atoms with Crippen molar-refractivity contribution in [3.63, 3.8) is 0 Å². The van der Waals surface area contributed by atoms with E-state index in [2.05, 4.69) is 10.2 Å². The standard InChI is InChI=1S/C11H10ClN3O4/c1-2-10-13-14-11(19-10)6-18-7-3-4-9(15(16)17)8(12)5-7/h3-5H,2,6H2,1H3. The third-order valence-corrected chi connectivity index (χ3v) is 2.59. The number of rotatable bonds is 5. The van der Waals surface area contributed by atoms with Crippen molar-refractivity contribution in [3.8, 4) is 5.75 Å². The molecule has 0 aliphatic carbocycles. The Bertz CT molecular complexity index is 599. The monoisotopic (exact) mass is 283 g/mol. The molecule has 0 atom stereocenters. The minimum Gasteiger partial charge on any atom is -0.484 e. The molecule has 19 heavy (non-hydrogen) atoms. The van der Waals surface area contributed by atoms with Gasteiger partial charge in [-0.25, -0.2) is 0 Å². The van der Waals surface area contributed by atoms with Gasteiger partial charge in [-0.1, -0.05) is 18.5 Å². The Morgan fingerprint density at radius 2 is 2.16 bits per heavy atom. The van der Waals surface area contributed by atoms with Crippen LogP contribution in [0.2, 0.25) is 5.02 Å². The molecule has 0 N–H and O–H groups in total. The van der Waals surface area contributed by atoms with E-state index in [4.69, 9.17) is 20.8 Å². The fourth-order valence-electron chi connectivity index (χ4n) is 1.36. The van der Waals surface area contributed by atoms with Gasteiger partial charge in [0.15, 0.2) is 6.61 Å². The average Bonchev–Trinajstić information content (AvgIpc) is 2.84. The maximum Gasteiger partial charge on any atom is 0.288 e. The SMILES string of the molecule is CCc1nnc(COc2ccc([N+](=O)[O-])c(Cl)c2)o1. The molecule has 2 aromatic rings. The largest absolute Gasteiger partial charge is 0.484 e. The number of nitro groups is 1. The fourth-order valence-corrected chi connectivity index (χ4v) is 1.60. The third-order valence-electron chi connectivity index (χ3n) is 2.29. The first-order valence-electron chi connectivity index (χ1n) is 5.48. The summed E-state index contributed by atoms with van der Waals surface area (Å²) in [6.07, 6.45) is 0.649. The first-order valence-corrected chi connectivity index (χ1v) is 5.86. The van der Waals surface area contributed by atoms with Crippen LogP contribution in [-0.4, -0.2) is 15.1 Å². The van der Waals surface area contributed by atoms with E-state index >= 15 is 0 Å². The van der Waals surface area contributed by atoms with Gasteiger partial charge in [-0.05, 0) is 6.07 Å². The van der Waals surface area contributed by atoms with Gasteiger partial charge in [0.05, 0.1) is 4.92 Å². The van der Waals surface area contributed by atoms with Crippen LogP contribution in [0.4, 0.5) is 5.69 Å².